The van der Waals surface area contributed by atoms with Gasteiger partial charge in [-0.3, -0.25) is 9.88 Å². The normalized spacial score (nSPS) is 18.1. The molecule has 4 rings (SSSR count). The van der Waals surface area contributed by atoms with E-state index in [1.807, 2.05) is 12.1 Å². The molecule has 1 aliphatic heterocycles. The first-order valence-electron chi connectivity index (χ1n) is 9.50. The third-order valence-electron chi connectivity index (χ3n) is 5.76. The highest BCUT2D eigenvalue weighted by molar-refractivity contribution is 5.87. The van der Waals surface area contributed by atoms with Gasteiger partial charge in [-0.25, -0.2) is 0 Å². The van der Waals surface area contributed by atoms with Crippen molar-refractivity contribution in [1.29, 1.82) is 0 Å². The van der Waals surface area contributed by atoms with Crippen molar-refractivity contribution >= 4 is 10.9 Å². The van der Waals surface area contributed by atoms with Crippen LogP contribution >= 0.6 is 0 Å². The first kappa shape index (κ1) is 19.6. The minimum Gasteiger partial charge on any atom is -0.387 e. The predicted octanol–water partition coefficient (Wildman–Crippen LogP) is 4.65. The molecule has 0 saturated carbocycles. The van der Waals surface area contributed by atoms with Gasteiger partial charge in [0.05, 0.1) is 12.6 Å². The van der Waals surface area contributed by atoms with Gasteiger partial charge >= 0.3 is 0 Å². The largest absolute Gasteiger partial charge is 0.387 e. The summed E-state index contributed by atoms with van der Waals surface area (Å²) in [6.07, 6.45) is 5.09. The van der Waals surface area contributed by atoms with Gasteiger partial charge in [-0.05, 0) is 62.2 Å². The molecule has 0 saturated heterocycles. The lowest BCUT2D eigenvalue weighted by Gasteiger charge is -2.34. The molecule has 0 aliphatic carbocycles. The standard InChI is InChI=1S/C22H27N3O.CH4/c1-4-19-22-17(9-12-24(19)3)18-13-15(2)5-6-20(18)25(22)14-21(26)16-7-10-23-11-8-16;/h5-8,10-11,13,19,21,26H,4,9,12,14H2,1-3H3;1H4. The van der Waals surface area contributed by atoms with Gasteiger partial charge in [0, 0.05) is 41.6 Å². The van der Waals surface area contributed by atoms with Crippen LogP contribution in [-0.4, -0.2) is 33.1 Å². The molecule has 1 aliphatic rings. The summed E-state index contributed by atoms with van der Waals surface area (Å²) in [5.41, 5.74) is 6.30. The predicted molar refractivity (Wildman–Crippen MR) is 112 cm³/mol. The number of aliphatic hydroxyl groups is 1. The minimum atomic E-state index is -0.538. The molecule has 4 nitrogen and oxygen atoms in total. The maximum absolute atomic E-state index is 10.9. The Kier molecular flexibility index (Phi) is 5.68. The summed E-state index contributed by atoms with van der Waals surface area (Å²) < 4.78 is 2.36. The SMILES string of the molecule is C.CCC1c2c(c3cc(C)ccc3n2CC(O)c2ccncc2)CCN1C. The summed E-state index contributed by atoms with van der Waals surface area (Å²) in [6.45, 7) is 6.07. The molecule has 144 valence electrons. The monoisotopic (exact) mass is 365 g/mol. The van der Waals surface area contributed by atoms with E-state index in [9.17, 15) is 5.11 Å². The van der Waals surface area contributed by atoms with Crippen LogP contribution in [-0.2, 0) is 13.0 Å². The average molecular weight is 366 g/mol. The van der Waals surface area contributed by atoms with Gasteiger partial charge in [-0.1, -0.05) is 26.0 Å². The molecule has 1 N–H and O–H groups in total. The van der Waals surface area contributed by atoms with Crippen LogP contribution < -0.4 is 0 Å². The molecule has 0 fully saturated rings. The zero-order valence-electron chi connectivity index (χ0n) is 15.8. The number of hydrogen-bond acceptors (Lipinski definition) is 3. The summed E-state index contributed by atoms with van der Waals surface area (Å²) in [6, 6.07) is 10.9. The smallest absolute Gasteiger partial charge is 0.0970 e. The Bertz CT molecular complexity index is 916. The van der Waals surface area contributed by atoms with Crippen LogP contribution in [0.25, 0.3) is 10.9 Å². The van der Waals surface area contributed by atoms with Crippen LogP contribution in [0.15, 0.2) is 42.7 Å². The molecule has 0 spiro atoms. The third kappa shape index (κ3) is 3.40. The summed E-state index contributed by atoms with van der Waals surface area (Å²) >= 11 is 0. The Labute approximate surface area is 162 Å². The Morgan fingerprint density at radius 1 is 1.22 bits per heavy atom. The van der Waals surface area contributed by atoms with Gasteiger partial charge in [0.2, 0.25) is 0 Å². The molecule has 0 bridgehead atoms. The minimum absolute atomic E-state index is 0. The summed E-state index contributed by atoms with van der Waals surface area (Å²) in [4.78, 5) is 6.51. The zero-order chi connectivity index (χ0) is 18.3. The van der Waals surface area contributed by atoms with Gasteiger partial charge in [-0.2, -0.15) is 0 Å². The number of benzene rings is 1. The average Bonchev–Trinajstić information content (AvgIpc) is 2.95. The summed E-state index contributed by atoms with van der Waals surface area (Å²) in [5.74, 6) is 0. The Hall–Kier alpha value is -2.17. The van der Waals surface area contributed by atoms with Crippen LogP contribution in [0, 0.1) is 6.92 Å². The lowest BCUT2D eigenvalue weighted by atomic mass is 9.95. The lowest BCUT2D eigenvalue weighted by Crippen LogP contribution is -2.33. The molecule has 27 heavy (non-hydrogen) atoms. The fraction of sp³-hybridized carbons (Fsp3) is 0.435. The maximum Gasteiger partial charge on any atom is 0.0970 e. The quantitative estimate of drug-likeness (QED) is 0.731. The van der Waals surface area contributed by atoms with Crippen LogP contribution in [0.3, 0.4) is 0 Å². The topological polar surface area (TPSA) is 41.3 Å². The van der Waals surface area contributed by atoms with E-state index >= 15 is 0 Å². The van der Waals surface area contributed by atoms with E-state index in [0.29, 0.717) is 12.6 Å². The number of fused-ring (bicyclic) bond motifs is 3. The van der Waals surface area contributed by atoms with Crippen LogP contribution in [0.5, 0.6) is 0 Å². The van der Waals surface area contributed by atoms with Gasteiger partial charge < -0.3 is 9.67 Å². The van der Waals surface area contributed by atoms with Crippen molar-refractivity contribution in [2.75, 3.05) is 13.6 Å². The second-order valence-corrected chi connectivity index (χ2v) is 7.45. The Balaban J connectivity index is 0.00000210. The molecule has 4 heteroatoms. The summed E-state index contributed by atoms with van der Waals surface area (Å²) in [7, 11) is 2.21. The van der Waals surface area contributed by atoms with Gasteiger partial charge in [0.1, 0.15) is 0 Å². The molecule has 0 amide bonds. The van der Waals surface area contributed by atoms with Crippen LogP contribution in [0.4, 0.5) is 0 Å². The number of rotatable bonds is 4. The van der Waals surface area contributed by atoms with Gasteiger partial charge in [-0.15, -0.1) is 0 Å². The number of pyridine rings is 1. The molecular weight excluding hydrogens is 334 g/mol. The van der Waals surface area contributed by atoms with Gasteiger partial charge in [0.25, 0.3) is 0 Å². The van der Waals surface area contributed by atoms with Crippen molar-refractivity contribution in [3.8, 4) is 0 Å². The molecule has 2 aromatic heterocycles. The van der Waals surface area contributed by atoms with E-state index in [1.165, 1.54) is 27.7 Å². The Morgan fingerprint density at radius 3 is 2.67 bits per heavy atom. The number of nitrogens with zero attached hydrogens (tertiary/aromatic N) is 3. The zero-order valence-corrected chi connectivity index (χ0v) is 15.8. The number of aliphatic hydroxyl groups excluding tert-OH is 1. The van der Waals surface area contributed by atoms with Crippen molar-refractivity contribution in [1.82, 2.24) is 14.5 Å². The summed E-state index contributed by atoms with van der Waals surface area (Å²) in [5, 5.41) is 12.2. The molecular formula is C23H31N3O. The number of likely N-dealkylation sites (N-methyl/N-ethyl adjacent to an activating group) is 1. The number of aryl methyl sites for hydroxylation is 1. The number of aromatic nitrogens is 2. The second kappa shape index (κ2) is 7.83. The molecule has 3 heterocycles. The van der Waals surface area contributed by atoms with E-state index in [-0.39, 0.29) is 7.43 Å². The first-order valence-corrected chi connectivity index (χ1v) is 9.50. The van der Waals surface area contributed by atoms with Crippen LogP contribution in [0.2, 0.25) is 0 Å². The lowest BCUT2D eigenvalue weighted by molar-refractivity contribution is 0.150. The van der Waals surface area contributed by atoms with Crippen molar-refractivity contribution in [3.63, 3.8) is 0 Å². The van der Waals surface area contributed by atoms with E-state index < -0.39 is 6.10 Å². The number of hydrogen-bond donors (Lipinski definition) is 1. The van der Waals surface area contributed by atoms with E-state index in [2.05, 4.69) is 53.5 Å². The Morgan fingerprint density at radius 2 is 1.96 bits per heavy atom. The maximum atomic E-state index is 10.9. The van der Waals surface area contributed by atoms with Crippen molar-refractivity contribution in [2.45, 2.75) is 52.8 Å². The fourth-order valence-corrected chi connectivity index (χ4v) is 4.42. The van der Waals surface area contributed by atoms with Gasteiger partial charge in [0.15, 0.2) is 0 Å². The molecule has 0 radical (unpaired) electrons. The molecule has 1 aromatic carbocycles. The van der Waals surface area contributed by atoms with Crippen molar-refractivity contribution < 1.29 is 5.11 Å². The molecule has 2 unspecified atom stereocenters. The van der Waals surface area contributed by atoms with E-state index in [1.54, 1.807) is 12.4 Å². The second-order valence-electron chi connectivity index (χ2n) is 7.45. The highest BCUT2D eigenvalue weighted by atomic mass is 16.3. The van der Waals surface area contributed by atoms with Crippen LogP contribution in [0.1, 0.15) is 55.3 Å². The highest BCUT2D eigenvalue weighted by Crippen LogP contribution is 2.39. The van der Waals surface area contributed by atoms with E-state index in [4.69, 9.17) is 0 Å². The fourth-order valence-electron chi connectivity index (χ4n) is 4.42. The molecule has 2 atom stereocenters. The third-order valence-corrected chi connectivity index (χ3v) is 5.76. The highest BCUT2D eigenvalue weighted by Gasteiger charge is 2.30. The van der Waals surface area contributed by atoms with Crippen molar-refractivity contribution in [3.05, 3.63) is 65.1 Å². The van der Waals surface area contributed by atoms with Crippen molar-refractivity contribution in [2.24, 2.45) is 0 Å². The molecule has 3 aromatic rings. The first-order chi connectivity index (χ1) is 12.6. The van der Waals surface area contributed by atoms with E-state index in [0.717, 1.165) is 24.9 Å².